The maximum absolute atomic E-state index is 6.08. The molecule has 4 rings (SSSR count). The third kappa shape index (κ3) is 3.25. The van der Waals surface area contributed by atoms with Crippen LogP contribution in [0.4, 0.5) is 0 Å². The summed E-state index contributed by atoms with van der Waals surface area (Å²) < 4.78 is 12.0. The van der Waals surface area contributed by atoms with Gasteiger partial charge in [0.25, 0.3) is 0 Å². The van der Waals surface area contributed by atoms with Crippen molar-refractivity contribution in [1.29, 1.82) is 0 Å². The average Bonchev–Trinajstić information content (AvgIpc) is 2.90. The number of rotatable bonds is 4. The first-order valence-electron chi connectivity index (χ1n) is 8.76. The van der Waals surface area contributed by atoms with Crippen LogP contribution in [-0.4, -0.2) is 26.3 Å². The predicted molar refractivity (Wildman–Crippen MR) is 99.9 cm³/mol. The molecule has 5 nitrogen and oxygen atoms in total. The van der Waals surface area contributed by atoms with Gasteiger partial charge in [-0.3, -0.25) is 0 Å². The molecule has 0 saturated heterocycles. The molecular formula is C19H23N3O2S. The van der Waals surface area contributed by atoms with E-state index in [0.717, 1.165) is 51.4 Å². The Morgan fingerprint density at radius 2 is 2.12 bits per heavy atom. The lowest BCUT2D eigenvalue weighted by Gasteiger charge is -2.30. The van der Waals surface area contributed by atoms with Gasteiger partial charge < -0.3 is 9.15 Å². The molecule has 6 heteroatoms. The van der Waals surface area contributed by atoms with Crippen molar-refractivity contribution >= 4 is 34.0 Å². The van der Waals surface area contributed by atoms with Crippen molar-refractivity contribution in [3.05, 3.63) is 23.7 Å². The molecular weight excluding hydrogens is 334 g/mol. The number of furan rings is 1. The summed E-state index contributed by atoms with van der Waals surface area (Å²) in [5, 5.41) is 1.85. The van der Waals surface area contributed by atoms with E-state index in [1.807, 2.05) is 0 Å². The topological polar surface area (TPSA) is 61.0 Å². The minimum atomic E-state index is -0.183. The van der Waals surface area contributed by atoms with Gasteiger partial charge in [-0.25, -0.2) is 15.0 Å². The van der Waals surface area contributed by atoms with E-state index in [1.54, 1.807) is 18.1 Å². The van der Waals surface area contributed by atoms with Crippen LogP contribution in [0.3, 0.4) is 0 Å². The highest BCUT2D eigenvalue weighted by atomic mass is 32.2. The van der Waals surface area contributed by atoms with Crippen LogP contribution in [0, 0.1) is 5.92 Å². The zero-order valence-corrected chi connectivity index (χ0v) is 15.9. The fourth-order valence-corrected chi connectivity index (χ4v) is 4.23. The molecule has 1 aliphatic heterocycles. The Morgan fingerprint density at radius 3 is 2.92 bits per heavy atom. The summed E-state index contributed by atoms with van der Waals surface area (Å²) in [6.07, 6.45) is 3.56. The van der Waals surface area contributed by atoms with Crippen molar-refractivity contribution in [3.63, 3.8) is 0 Å². The van der Waals surface area contributed by atoms with E-state index < -0.39 is 0 Å². The Labute approximate surface area is 151 Å². The third-order valence-corrected chi connectivity index (χ3v) is 5.53. The van der Waals surface area contributed by atoms with Crippen LogP contribution >= 0.6 is 11.8 Å². The van der Waals surface area contributed by atoms with Crippen LogP contribution in [-0.2, 0) is 17.8 Å². The highest BCUT2D eigenvalue weighted by molar-refractivity contribution is 7.99. The Hall–Kier alpha value is -1.66. The Morgan fingerprint density at radius 1 is 1.28 bits per heavy atom. The minimum Gasteiger partial charge on any atom is -0.433 e. The summed E-state index contributed by atoms with van der Waals surface area (Å²) in [6, 6.07) is 2.12. The van der Waals surface area contributed by atoms with E-state index in [4.69, 9.17) is 14.1 Å². The summed E-state index contributed by atoms with van der Waals surface area (Å²) >= 11 is 1.73. The molecule has 0 radical (unpaired) electrons. The van der Waals surface area contributed by atoms with Gasteiger partial charge in [0.15, 0.2) is 5.58 Å². The number of nitrogens with zero attached hydrogens (tertiary/aromatic N) is 3. The van der Waals surface area contributed by atoms with Gasteiger partial charge in [-0.2, -0.15) is 0 Å². The normalized spacial score (nSPS) is 16.7. The van der Waals surface area contributed by atoms with Crippen LogP contribution in [0.5, 0.6) is 0 Å². The van der Waals surface area contributed by atoms with E-state index in [0.29, 0.717) is 18.2 Å². The number of thioether (sulfide) groups is 1. The van der Waals surface area contributed by atoms with E-state index in [1.165, 1.54) is 0 Å². The average molecular weight is 357 g/mol. The fourth-order valence-electron chi connectivity index (χ4n) is 3.06. The first kappa shape index (κ1) is 16.8. The standard InChI is InChI=1S/C19H23N3O2S/c1-11(2)5-6-25-18-16-15(20-10-21-18)13-7-12-9-23-19(3,4)8-14(12)22-17(13)24-16/h7,10-11H,5-6,8-9H2,1-4H3. The monoisotopic (exact) mass is 357 g/mol. The number of hydrogen-bond donors (Lipinski definition) is 0. The van der Waals surface area contributed by atoms with E-state index in [-0.39, 0.29) is 5.60 Å². The maximum Gasteiger partial charge on any atom is 0.229 e. The molecule has 0 amide bonds. The Balaban J connectivity index is 1.76. The second kappa shape index (κ2) is 6.25. The SMILES string of the molecule is CC(C)CCSc1ncnc2c1oc1nc3c(cc12)COC(C)(C)C3. The number of fused-ring (bicyclic) bond motifs is 4. The van der Waals surface area contributed by atoms with Crippen molar-refractivity contribution in [1.82, 2.24) is 15.0 Å². The molecule has 0 N–H and O–H groups in total. The molecule has 0 aromatic carbocycles. The molecule has 4 heterocycles. The maximum atomic E-state index is 6.08. The molecule has 132 valence electrons. The highest BCUT2D eigenvalue weighted by Crippen LogP contribution is 2.35. The molecule has 1 aliphatic rings. The molecule has 0 atom stereocenters. The lowest BCUT2D eigenvalue weighted by molar-refractivity contribution is -0.0411. The summed E-state index contributed by atoms with van der Waals surface area (Å²) in [6.45, 7) is 9.23. The molecule has 0 unspecified atom stereocenters. The van der Waals surface area contributed by atoms with E-state index in [2.05, 4.69) is 43.7 Å². The summed E-state index contributed by atoms with van der Waals surface area (Å²) in [4.78, 5) is 13.7. The Kier molecular flexibility index (Phi) is 4.20. The molecule has 0 fully saturated rings. The molecule has 3 aromatic heterocycles. The molecule has 0 bridgehead atoms. The second-order valence-electron chi connectivity index (χ2n) is 7.66. The van der Waals surface area contributed by atoms with E-state index in [9.17, 15) is 0 Å². The van der Waals surface area contributed by atoms with Crippen LogP contribution in [0.25, 0.3) is 22.2 Å². The van der Waals surface area contributed by atoms with Gasteiger partial charge in [0.2, 0.25) is 5.71 Å². The molecule has 3 aromatic rings. The van der Waals surface area contributed by atoms with Crippen molar-refractivity contribution in [2.75, 3.05) is 5.75 Å². The highest BCUT2D eigenvalue weighted by Gasteiger charge is 2.28. The number of pyridine rings is 1. The van der Waals surface area contributed by atoms with Crippen molar-refractivity contribution in [2.24, 2.45) is 5.92 Å². The van der Waals surface area contributed by atoms with Crippen molar-refractivity contribution in [2.45, 2.75) is 57.8 Å². The molecule has 0 spiro atoms. The van der Waals surface area contributed by atoms with Gasteiger partial charge in [-0.15, -0.1) is 11.8 Å². The summed E-state index contributed by atoms with van der Waals surface area (Å²) in [5.41, 5.74) is 4.25. The van der Waals surface area contributed by atoms with Gasteiger partial charge in [0.05, 0.1) is 23.3 Å². The minimum absolute atomic E-state index is 0.183. The molecule has 0 aliphatic carbocycles. The quantitative estimate of drug-likeness (QED) is 0.495. The van der Waals surface area contributed by atoms with Crippen LogP contribution in [0.15, 0.2) is 21.8 Å². The fraction of sp³-hybridized carbons (Fsp3) is 0.526. The van der Waals surface area contributed by atoms with Crippen molar-refractivity contribution < 1.29 is 9.15 Å². The van der Waals surface area contributed by atoms with Gasteiger partial charge in [-0.1, -0.05) is 13.8 Å². The second-order valence-corrected chi connectivity index (χ2v) is 8.75. The van der Waals surface area contributed by atoms with Gasteiger partial charge in [0.1, 0.15) is 16.9 Å². The lowest BCUT2D eigenvalue weighted by Crippen LogP contribution is -2.32. The smallest absolute Gasteiger partial charge is 0.229 e. The van der Waals surface area contributed by atoms with Crippen molar-refractivity contribution in [3.8, 4) is 0 Å². The van der Waals surface area contributed by atoms with Gasteiger partial charge >= 0.3 is 0 Å². The van der Waals surface area contributed by atoms with Gasteiger partial charge in [0, 0.05) is 12.0 Å². The van der Waals surface area contributed by atoms with Crippen LogP contribution < -0.4 is 0 Å². The third-order valence-electron chi connectivity index (χ3n) is 4.53. The Bertz CT molecular complexity index is 933. The zero-order chi connectivity index (χ0) is 17.6. The van der Waals surface area contributed by atoms with E-state index >= 15 is 0 Å². The summed E-state index contributed by atoms with van der Waals surface area (Å²) in [7, 11) is 0. The number of ether oxygens (including phenoxy) is 1. The molecule has 0 saturated carbocycles. The largest absolute Gasteiger partial charge is 0.433 e. The first-order chi connectivity index (χ1) is 11.9. The van der Waals surface area contributed by atoms with Gasteiger partial charge in [-0.05, 0) is 38.0 Å². The first-order valence-corrected chi connectivity index (χ1v) is 9.74. The number of aromatic nitrogens is 3. The summed E-state index contributed by atoms with van der Waals surface area (Å²) in [5.74, 6) is 1.70. The molecule has 25 heavy (non-hydrogen) atoms. The number of hydrogen-bond acceptors (Lipinski definition) is 6. The lowest BCUT2D eigenvalue weighted by atomic mass is 9.95. The van der Waals surface area contributed by atoms with Crippen LogP contribution in [0.1, 0.15) is 45.4 Å². The zero-order valence-electron chi connectivity index (χ0n) is 15.1. The predicted octanol–water partition coefficient (Wildman–Crippen LogP) is 4.76. The van der Waals surface area contributed by atoms with Crippen LogP contribution in [0.2, 0.25) is 0 Å².